The molecule has 0 atom stereocenters. The van der Waals surface area contributed by atoms with Crippen molar-refractivity contribution in [3.63, 3.8) is 0 Å². The van der Waals surface area contributed by atoms with E-state index in [4.69, 9.17) is 0 Å². The van der Waals surface area contributed by atoms with Gasteiger partial charge in [-0.15, -0.1) is 0 Å². The Labute approximate surface area is 137 Å². The van der Waals surface area contributed by atoms with Crippen molar-refractivity contribution < 1.29 is 13.6 Å². The van der Waals surface area contributed by atoms with Gasteiger partial charge in [0.05, 0.1) is 23.1 Å². The molecule has 5 nitrogen and oxygen atoms in total. The number of carbonyl (C=O) groups is 1. The number of benzene rings is 1. The van der Waals surface area contributed by atoms with Gasteiger partial charge in [0, 0.05) is 12.3 Å². The fourth-order valence-electron chi connectivity index (χ4n) is 2.36. The molecule has 0 unspecified atom stereocenters. The number of hydrogen-bond acceptors (Lipinski definition) is 3. The molecule has 0 aliphatic carbocycles. The molecule has 0 bridgehead atoms. The van der Waals surface area contributed by atoms with Crippen molar-refractivity contribution in [1.82, 2.24) is 14.8 Å². The second-order valence-electron chi connectivity index (χ2n) is 5.04. The highest BCUT2D eigenvalue weighted by molar-refractivity contribution is 6.05. The average molecular weight is 328 g/mol. The molecule has 3 rings (SSSR count). The van der Waals surface area contributed by atoms with Crippen LogP contribution >= 0.6 is 0 Å². The molecule has 122 valence electrons. The average Bonchev–Trinajstić information content (AvgIpc) is 3.03. The molecule has 2 heterocycles. The topological polar surface area (TPSA) is 59.8 Å². The molecule has 3 aromatic rings. The van der Waals surface area contributed by atoms with Gasteiger partial charge < -0.3 is 5.32 Å². The van der Waals surface area contributed by atoms with E-state index in [9.17, 15) is 13.6 Å². The minimum Gasteiger partial charge on any atom is -0.319 e. The van der Waals surface area contributed by atoms with E-state index in [1.54, 1.807) is 23.0 Å². The van der Waals surface area contributed by atoms with Crippen LogP contribution < -0.4 is 5.32 Å². The number of anilines is 1. The van der Waals surface area contributed by atoms with E-state index >= 15 is 0 Å². The molecule has 0 spiro atoms. The van der Waals surface area contributed by atoms with Gasteiger partial charge in [-0.2, -0.15) is 5.10 Å². The summed E-state index contributed by atoms with van der Waals surface area (Å²) in [6.45, 7) is 1.87. The number of hydrogen-bond donors (Lipinski definition) is 1. The smallest absolute Gasteiger partial charge is 0.259 e. The highest BCUT2D eigenvalue weighted by Crippen LogP contribution is 2.19. The van der Waals surface area contributed by atoms with Crippen LogP contribution in [0.2, 0.25) is 0 Å². The van der Waals surface area contributed by atoms with Crippen molar-refractivity contribution in [2.24, 2.45) is 0 Å². The van der Waals surface area contributed by atoms with E-state index in [1.807, 2.05) is 13.0 Å². The molecule has 24 heavy (non-hydrogen) atoms. The van der Waals surface area contributed by atoms with Crippen LogP contribution in [0.15, 0.2) is 48.8 Å². The van der Waals surface area contributed by atoms with Crippen LogP contribution in [0.3, 0.4) is 0 Å². The number of pyridine rings is 1. The fourth-order valence-corrected chi connectivity index (χ4v) is 2.36. The van der Waals surface area contributed by atoms with Crippen molar-refractivity contribution >= 4 is 11.6 Å². The zero-order valence-corrected chi connectivity index (χ0v) is 12.8. The number of nitrogens with zero attached hydrogens (tertiary/aromatic N) is 3. The summed E-state index contributed by atoms with van der Waals surface area (Å²) in [6.07, 6.45) is 3.53. The first kappa shape index (κ1) is 15.8. The predicted molar refractivity (Wildman–Crippen MR) is 85.0 cm³/mol. The van der Waals surface area contributed by atoms with E-state index in [0.717, 1.165) is 18.2 Å². The van der Waals surface area contributed by atoms with Crippen LogP contribution in [-0.4, -0.2) is 20.7 Å². The van der Waals surface area contributed by atoms with Gasteiger partial charge in [-0.1, -0.05) is 13.0 Å². The minimum absolute atomic E-state index is 0.215. The van der Waals surface area contributed by atoms with E-state index < -0.39 is 17.5 Å². The summed E-state index contributed by atoms with van der Waals surface area (Å²) in [5.41, 5.74) is 0.697. The van der Waals surface area contributed by atoms with Crippen molar-refractivity contribution in [3.8, 4) is 5.82 Å². The van der Waals surface area contributed by atoms with Crippen molar-refractivity contribution in [1.29, 1.82) is 0 Å². The standard InChI is InChI=1S/C17H14F2N4O/c1-2-15-12(10-21-23(15)16-5-3-4-8-20-16)17(24)22-14-9-11(18)6-7-13(14)19/h3-10H,2H2,1H3,(H,22,24). The summed E-state index contributed by atoms with van der Waals surface area (Å²) < 4.78 is 28.5. The van der Waals surface area contributed by atoms with E-state index in [0.29, 0.717) is 17.9 Å². The van der Waals surface area contributed by atoms with Crippen LogP contribution in [0.25, 0.3) is 5.82 Å². The van der Waals surface area contributed by atoms with E-state index in [-0.39, 0.29) is 11.3 Å². The largest absolute Gasteiger partial charge is 0.319 e. The number of rotatable bonds is 4. The van der Waals surface area contributed by atoms with Gasteiger partial charge in [-0.25, -0.2) is 18.4 Å². The Bertz CT molecular complexity index is 878. The Hall–Kier alpha value is -3.09. The molecular formula is C17H14F2N4O. The maximum absolute atomic E-state index is 13.7. The number of halogens is 2. The first-order valence-electron chi connectivity index (χ1n) is 7.35. The highest BCUT2D eigenvalue weighted by Gasteiger charge is 2.19. The van der Waals surface area contributed by atoms with E-state index in [1.165, 1.54) is 6.20 Å². The van der Waals surface area contributed by atoms with Crippen LogP contribution in [0.1, 0.15) is 23.0 Å². The van der Waals surface area contributed by atoms with Gasteiger partial charge in [0.25, 0.3) is 5.91 Å². The lowest BCUT2D eigenvalue weighted by atomic mass is 10.2. The Morgan fingerprint density at radius 2 is 2.08 bits per heavy atom. The van der Waals surface area contributed by atoms with Crippen molar-refractivity contribution in [2.45, 2.75) is 13.3 Å². The Kier molecular flexibility index (Phi) is 4.33. The third kappa shape index (κ3) is 3.01. The lowest BCUT2D eigenvalue weighted by Gasteiger charge is -2.08. The predicted octanol–water partition coefficient (Wildman–Crippen LogP) is 3.36. The van der Waals surface area contributed by atoms with Gasteiger partial charge in [-0.05, 0) is 30.7 Å². The Balaban J connectivity index is 1.93. The molecule has 0 aliphatic rings. The lowest BCUT2D eigenvalue weighted by molar-refractivity contribution is 0.102. The normalized spacial score (nSPS) is 10.6. The van der Waals surface area contributed by atoms with Gasteiger partial charge in [0.2, 0.25) is 0 Å². The summed E-state index contributed by atoms with van der Waals surface area (Å²) in [7, 11) is 0. The summed E-state index contributed by atoms with van der Waals surface area (Å²) in [6, 6.07) is 8.23. The third-order valence-electron chi connectivity index (χ3n) is 3.49. The Morgan fingerprint density at radius 1 is 1.25 bits per heavy atom. The van der Waals surface area contributed by atoms with Gasteiger partial charge >= 0.3 is 0 Å². The molecule has 0 aliphatic heterocycles. The number of carbonyl (C=O) groups excluding carboxylic acids is 1. The quantitative estimate of drug-likeness (QED) is 0.799. The molecule has 0 fully saturated rings. The van der Waals surface area contributed by atoms with Gasteiger partial charge in [0.1, 0.15) is 11.6 Å². The molecule has 7 heteroatoms. The molecule has 1 N–H and O–H groups in total. The SMILES string of the molecule is CCc1c(C(=O)Nc2cc(F)ccc2F)cnn1-c1ccccn1. The first-order chi connectivity index (χ1) is 11.6. The summed E-state index contributed by atoms with van der Waals surface area (Å²) in [5, 5.41) is 6.56. The van der Waals surface area contributed by atoms with Crippen LogP contribution in [0.5, 0.6) is 0 Å². The molecule has 0 radical (unpaired) electrons. The zero-order chi connectivity index (χ0) is 17.1. The highest BCUT2D eigenvalue weighted by atomic mass is 19.1. The molecule has 1 amide bonds. The molecule has 0 saturated carbocycles. The molecule has 1 aromatic carbocycles. The molecular weight excluding hydrogens is 314 g/mol. The summed E-state index contributed by atoms with van der Waals surface area (Å²) in [4.78, 5) is 16.6. The van der Waals surface area contributed by atoms with E-state index in [2.05, 4.69) is 15.4 Å². The molecule has 2 aromatic heterocycles. The number of aromatic nitrogens is 3. The maximum atomic E-state index is 13.7. The van der Waals surface area contributed by atoms with Crippen molar-refractivity contribution in [2.75, 3.05) is 5.32 Å². The zero-order valence-electron chi connectivity index (χ0n) is 12.8. The van der Waals surface area contributed by atoms with Crippen LogP contribution in [0, 0.1) is 11.6 Å². The van der Waals surface area contributed by atoms with Crippen molar-refractivity contribution in [3.05, 3.63) is 71.7 Å². The van der Waals surface area contributed by atoms with Crippen LogP contribution in [-0.2, 0) is 6.42 Å². The van der Waals surface area contributed by atoms with Gasteiger partial charge in [-0.3, -0.25) is 4.79 Å². The number of amides is 1. The minimum atomic E-state index is -0.708. The lowest BCUT2D eigenvalue weighted by Crippen LogP contribution is -2.15. The second-order valence-corrected chi connectivity index (χ2v) is 5.04. The Morgan fingerprint density at radius 3 is 2.79 bits per heavy atom. The summed E-state index contributed by atoms with van der Waals surface area (Å²) in [5.74, 6) is -1.32. The maximum Gasteiger partial charge on any atom is 0.259 e. The summed E-state index contributed by atoms with van der Waals surface area (Å²) >= 11 is 0. The number of nitrogens with one attached hydrogen (secondary N) is 1. The monoisotopic (exact) mass is 328 g/mol. The second kappa shape index (κ2) is 6.57. The first-order valence-corrected chi connectivity index (χ1v) is 7.35. The van der Waals surface area contributed by atoms with Crippen LogP contribution in [0.4, 0.5) is 14.5 Å². The fraction of sp³-hybridized carbons (Fsp3) is 0.118. The third-order valence-corrected chi connectivity index (χ3v) is 3.49. The van der Waals surface area contributed by atoms with Gasteiger partial charge in [0.15, 0.2) is 5.82 Å². The molecule has 0 saturated heterocycles.